The molecule has 0 atom stereocenters. The molecule has 0 bridgehead atoms. The molecule has 0 aliphatic carbocycles. The Morgan fingerprint density at radius 2 is 0.941 bits per heavy atom. The summed E-state index contributed by atoms with van der Waals surface area (Å²) in [5.41, 5.74) is 14.7. The second kappa shape index (κ2) is 12.5. The average Bonchev–Trinajstić information content (AvgIpc) is 3.60. The summed E-state index contributed by atoms with van der Waals surface area (Å²) in [5, 5.41) is 0. The van der Waals surface area contributed by atoms with Gasteiger partial charge in [0.1, 0.15) is 5.82 Å². The van der Waals surface area contributed by atoms with Gasteiger partial charge < -0.3 is 4.90 Å². The highest BCUT2D eigenvalue weighted by molar-refractivity contribution is 5.88. The molecule has 2 heterocycles. The maximum atomic E-state index is 5.46. The molecule has 1 aromatic heterocycles. The summed E-state index contributed by atoms with van der Waals surface area (Å²) in [7, 11) is 0. The number of hydrogen-bond acceptors (Lipinski definition) is 2. The molecule has 0 radical (unpaired) electrons. The Labute approximate surface area is 299 Å². The largest absolute Gasteiger partial charge is 0.310 e. The van der Waals surface area contributed by atoms with Crippen LogP contribution in [0.3, 0.4) is 0 Å². The smallest absolute Gasteiger partial charge is 0.145 e. The van der Waals surface area contributed by atoms with Gasteiger partial charge in [-0.2, -0.15) is 0 Å². The monoisotopic (exact) mass is 655 g/mol. The maximum Gasteiger partial charge on any atom is 0.145 e. The number of anilines is 3. The molecule has 0 N–H and O–H groups in total. The van der Waals surface area contributed by atoms with Crippen molar-refractivity contribution in [1.82, 2.24) is 9.55 Å². The molecule has 0 amide bonds. The number of imidazole rings is 1. The molecule has 1 aliphatic heterocycles. The molecule has 0 fully saturated rings. The van der Waals surface area contributed by atoms with Crippen LogP contribution < -0.4 is 4.90 Å². The molecule has 51 heavy (non-hydrogen) atoms. The van der Waals surface area contributed by atoms with Crippen LogP contribution >= 0.6 is 0 Å². The van der Waals surface area contributed by atoms with Gasteiger partial charge in [0, 0.05) is 33.5 Å². The molecule has 3 heteroatoms. The van der Waals surface area contributed by atoms with E-state index in [1.807, 2.05) is 0 Å². The van der Waals surface area contributed by atoms with E-state index in [-0.39, 0.29) is 5.41 Å². The fourth-order valence-corrected chi connectivity index (χ4v) is 7.68. The van der Waals surface area contributed by atoms with Crippen molar-refractivity contribution < 1.29 is 0 Å². The van der Waals surface area contributed by atoms with Crippen molar-refractivity contribution in [2.24, 2.45) is 0 Å². The van der Waals surface area contributed by atoms with Crippen molar-refractivity contribution in [3.05, 3.63) is 199 Å². The lowest BCUT2D eigenvalue weighted by atomic mass is 9.73. The highest BCUT2D eigenvalue weighted by Gasteiger charge is 2.37. The zero-order chi connectivity index (χ0) is 34.4. The summed E-state index contributed by atoms with van der Waals surface area (Å²) < 4.78 is 2.32. The molecule has 0 unspecified atom stereocenters. The van der Waals surface area contributed by atoms with Crippen LogP contribution in [0.4, 0.5) is 17.1 Å². The lowest BCUT2D eigenvalue weighted by Gasteiger charge is -2.42. The van der Waals surface area contributed by atoms with Gasteiger partial charge in [0.25, 0.3) is 0 Å². The molecular formula is C48H37N3. The van der Waals surface area contributed by atoms with E-state index in [0.717, 1.165) is 50.8 Å². The zero-order valence-electron chi connectivity index (χ0n) is 28.7. The topological polar surface area (TPSA) is 21.1 Å². The Hall–Kier alpha value is -6.45. The van der Waals surface area contributed by atoms with E-state index in [9.17, 15) is 0 Å². The standard InChI is InChI=1S/C48H37N3/c1-48(2)41-28-15-16-29-43(41)50(39-24-11-5-12-25-39)44-31-30-37(33-42(44)48)36-22-17-23-38(32-36)47-49-45(34-18-7-3-8-19-34)46(35-20-9-4-10-21-35)51(47)40-26-13-6-14-27-40/h3-33H,1-2H3. The van der Waals surface area contributed by atoms with Gasteiger partial charge in [0.15, 0.2) is 0 Å². The van der Waals surface area contributed by atoms with Crippen LogP contribution in [0.25, 0.3) is 50.7 Å². The number of aromatic nitrogens is 2. The predicted octanol–water partition coefficient (Wildman–Crippen LogP) is 12.6. The second-order valence-electron chi connectivity index (χ2n) is 13.7. The minimum Gasteiger partial charge on any atom is -0.310 e. The van der Waals surface area contributed by atoms with E-state index in [1.54, 1.807) is 0 Å². The Morgan fingerprint density at radius 1 is 0.412 bits per heavy atom. The van der Waals surface area contributed by atoms with E-state index >= 15 is 0 Å². The van der Waals surface area contributed by atoms with Gasteiger partial charge in [0.2, 0.25) is 0 Å². The molecule has 7 aromatic carbocycles. The summed E-state index contributed by atoms with van der Waals surface area (Å²) in [6, 6.07) is 67.1. The van der Waals surface area contributed by atoms with Crippen molar-refractivity contribution >= 4 is 17.1 Å². The van der Waals surface area contributed by atoms with Crippen molar-refractivity contribution in [3.8, 4) is 50.7 Å². The molecule has 0 spiro atoms. The Balaban J connectivity index is 1.23. The van der Waals surface area contributed by atoms with Crippen LogP contribution in [-0.2, 0) is 5.41 Å². The maximum absolute atomic E-state index is 5.46. The fourth-order valence-electron chi connectivity index (χ4n) is 7.68. The van der Waals surface area contributed by atoms with Crippen LogP contribution in [-0.4, -0.2) is 9.55 Å². The van der Waals surface area contributed by atoms with Gasteiger partial charge >= 0.3 is 0 Å². The van der Waals surface area contributed by atoms with E-state index < -0.39 is 0 Å². The summed E-state index contributed by atoms with van der Waals surface area (Å²) in [6.45, 7) is 4.69. The van der Waals surface area contributed by atoms with Gasteiger partial charge in [-0.05, 0) is 70.8 Å². The fraction of sp³-hybridized carbons (Fsp3) is 0.0625. The predicted molar refractivity (Wildman–Crippen MR) is 212 cm³/mol. The lowest BCUT2D eigenvalue weighted by Crippen LogP contribution is -2.30. The van der Waals surface area contributed by atoms with Crippen molar-refractivity contribution in [2.75, 3.05) is 4.90 Å². The third-order valence-corrected chi connectivity index (χ3v) is 10.2. The van der Waals surface area contributed by atoms with E-state index in [2.05, 4.69) is 211 Å². The van der Waals surface area contributed by atoms with E-state index in [1.165, 1.54) is 28.1 Å². The lowest BCUT2D eigenvalue weighted by molar-refractivity contribution is 0.632. The zero-order valence-corrected chi connectivity index (χ0v) is 28.7. The number of benzene rings is 7. The van der Waals surface area contributed by atoms with E-state index in [4.69, 9.17) is 4.98 Å². The highest BCUT2D eigenvalue weighted by atomic mass is 15.2. The van der Waals surface area contributed by atoms with Gasteiger partial charge in [-0.3, -0.25) is 4.57 Å². The second-order valence-corrected chi connectivity index (χ2v) is 13.7. The summed E-state index contributed by atoms with van der Waals surface area (Å²) in [5.74, 6) is 0.906. The highest BCUT2D eigenvalue weighted by Crippen LogP contribution is 2.52. The Bertz CT molecular complexity index is 2480. The molecule has 8 aromatic rings. The first-order chi connectivity index (χ1) is 25.1. The number of para-hydroxylation sites is 3. The minimum absolute atomic E-state index is 0.191. The first-order valence-electron chi connectivity index (χ1n) is 17.6. The quantitative estimate of drug-likeness (QED) is 0.178. The van der Waals surface area contributed by atoms with E-state index in [0.29, 0.717) is 0 Å². The Kier molecular flexibility index (Phi) is 7.48. The van der Waals surface area contributed by atoms with Crippen molar-refractivity contribution in [2.45, 2.75) is 19.3 Å². The van der Waals surface area contributed by atoms with Crippen molar-refractivity contribution in [3.63, 3.8) is 0 Å². The van der Waals surface area contributed by atoms with Crippen LogP contribution in [0.1, 0.15) is 25.0 Å². The first-order valence-corrected chi connectivity index (χ1v) is 17.6. The van der Waals surface area contributed by atoms with Gasteiger partial charge in [-0.25, -0.2) is 4.98 Å². The van der Waals surface area contributed by atoms with Crippen molar-refractivity contribution in [1.29, 1.82) is 0 Å². The van der Waals surface area contributed by atoms with Gasteiger partial charge in [0.05, 0.1) is 22.8 Å². The van der Waals surface area contributed by atoms with Gasteiger partial charge in [-0.15, -0.1) is 0 Å². The first kappa shape index (κ1) is 30.6. The molecule has 9 rings (SSSR count). The average molecular weight is 656 g/mol. The molecule has 0 saturated heterocycles. The number of fused-ring (bicyclic) bond motifs is 2. The summed E-state index contributed by atoms with van der Waals surface area (Å²) in [6.07, 6.45) is 0. The number of rotatable bonds is 6. The van der Waals surface area contributed by atoms with Crippen LogP contribution in [0.2, 0.25) is 0 Å². The SMILES string of the molecule is CC1(C)c2ccccc2N(c2ccccc2)c2ccc(-c3cccc(-c4nc(-c5ccccc5)c(-c5ccccc5)n4-c4ccccc4)c3)cc21. The third-order valence-electron chi connectivity index (χ3n) is 10.2. The van der Waals surface area contributed by atoms with Crippen LogP contribution in [0, 0.1) is 0 Å². The molecule has 1 aliphatic rings. The molecule has 3 nitrogen and oxygen atoms in total. The molecule has 0 saturated carbocycles. The third kappa shape index (κ3) is 5.26. The summed E-state index contributed by atoms with van der Waals surface area (Å²) >= 11 is 0. The van der Waals surface area contributed by atoms with Crippen LogP contribution in [0.15, 0.2) is 188 Å². The molecule has 244 valence electrons. The number of hydrogen-bond donors (Lipinski definition) is 0. The Morgan fingerprint density at radius 3 is 1.65 bits per heavy atom. The summed E-state index contributed by atoms with van der Waals surface area (Å²) in [4.78, 5) is 7.86. The number of nitrogens with zero attached hydrogens (tertiary/aromatic N) is 3. The normalized spacial score (nSPS) is 13.0. The van der Waals surface area contributed by atoms with Crippen LogP contribution in [0.5, 0.6) is 0 Å². The minimum atomic E-state index is -0.191. The van der Waals surface area contributed by atoms with Gasteiger partial charge in [-0.1, -0.05) is 153 Å². The molecular weight excluding hydrogens is 619 g/mol.